The van der Waals surface area contributed by atoms with Crippen LogP contribution in [0, 0.1) is 31.6 Å². The van der Waals surface area contributed by atoms with Gasteiger partial charge in [0.15, 0.2) is 0 Å². The summed E-state index contributed by atoms with van der Waals surface area (Å²) in [5, 5.41) is 3.41. The zero-order valence-corrected chi connectivity index (χ0v) is 13.7. The SMILES string of the molecule is CCC1CCC(CNC)C(Cc2ccc(C)c(C)c2)C1. The lowest BCUT2D eigenvalue weighted by Gasteiger charge is -2.36. The van der Waals surface area contributed by atoms with E-state index in [0.717, 1.165) is 17.8 Å². The fourth-order valence-electron chi connectivity index (χ4n) is 3.81. The lowest BCUT2D eigenvalue weighted by molar-refractivity contribution is 0.173. The molecule has 0 aromatic heterocycles. The summed E-state index contributed by atoms with van der Waals surface area (Å²) < 4.78 is 0. The van der Waals surface area contributed by atoms with E-state index < -0.39 is 0 Å². The van der Waals surface area contributed by atoms with Crippen LogP contribution in [0.1, 0.15) is 49.3 Å². The predicted molar refractivity (Wildman–Crippen MR) is 88.2 cm³/mol. The first-order valence-electron chi connectivity index (χ1n) is 8.34. The minimum absolute atomic E-state index is 0.864. The van der Waals surface area contributed by atoms with E-state index in [9.17, 15) is 0 Å². The third-order valence-corrected chi connectivity index (χ3v) is 5.36. The molecule has 1 heteroatoms. The maximum Gasteiger partial charge on any atom is -0.00208 e. The Morgan fingerprint density at radius 1 is 1.10 bits per heavy atom. The largest absolute Gasteiger partial charge is 0.319 e. The topological polar surface area (TPSA) is 12.0 Å². The number of hydrogen-bond donors (Lipinski definition) is 1. The van der Waals surface area contributed by atoms with Crippen molar-refractivity contribution in [1.82, 2.24) is 5.32 Å². The standard InChI is InChI=1S/C19H31N/c1-5-16-8-9-18(13-20-4)19(11-16)12-17-7-6-14(2)15(3)10-17/h6-7,10,16,18-20H,5,8-9,11-13H2,1-4H3. The molecule has 0 bridgehead atoms. The van der Waals surface area contributed by atoms with Gasteiger partial charge in [0.25, 0.3) is 0 Å². The van der Waals surface area contributed by atoms with E-state index >= 15 is 0 Å². The van der Waals surface area contributed by atoms with Gasteiger partial charge in [0.2, 0.25) is 0 Å². The van der Waals surface area contributed by atoms with Gasteiger partial charge < -0.3 is 5.32 Å². The lowest BCUT2D eigenvalue weighted by Crippen LogP contribution is -2.33. The quantitative estimate of drug-likeness (QED) is 0.832. The summed E-state index contributed by atoms with van der Waals surface area (Å²) >= 11 is 0. The zero-order chi connectivity index (χ0) is 14.5. The first kappa shape index (κ1) is 15.6. The van der Waals surface area contributed by atoms with Gasteiger partial charge in [0, 0.05) is 0 Å². The molecule has 1 aliphatic rings. The summed E-state index contributed by atoms with van der Waals surface area (Å²) in [4.78, 5) is 0. The molecule has 2 rings (SSSR count). The van der Waals surface area contributed by atoms with Crippen molar-refractivity contribution in [3.63, 3.8) is 0 Å². The number of rotatable bonds is 5. The van der Waals surface area contributed by atoms with Gasteiger partial charge in [-0.1, -0.05) is 38.0 Å². The van der Waals surface area contributed by atoms with Gasteiger partial charge in [-0.2, -0.15) is 0 Å². The molecule has 3 unspecified atom stereocenters. The molecule has 1 fully saturated rings. The van der Waals surface area contributed by atoms with E-state index in [0.29, 0.717) is 0 Å². The van der Waals surface area contributed by atoms with Crippen LogP contribution in [0.4, 0.5) is 0 Å². The minimum atomic E-state index is 0.864. The van der Waals surface area contributed by atoms with Crippen LogP contribution >= 0.6 is 0 Å². The maximum atomic E-state index is 3.41. The molecule has 1 aromatic carbocycles. The number of aryl methyl sites for hydroxylation is 2. The maximum absolute atomic E-state index is 3.41. The molecule has 0 saturated heterocycles. The summed E-state index contributed by atoms with van der Waals surface area (Å²) in [6.07, 6.45) is 6.90. The number of hydrogen-bond acceptors (Lipinski definition) is 1. The van der Waals surface area contributed by atoms with Crippen molar-refractivity contribution >= 4 is 0 Å². The normalized spacial score (nSPS) is 26.7. The number of benzene rings is 1. The molecular weight excluding hydrogens is 242 g/mol. The average Bonchev–Trinajstić information content (AvgIpc) is 2.45. The van der Waals surface area contributed by atoms with Gasteiger partial charge in [-0.05, 0) is 81.1 Å². The van der Waals surface area contributed by atoms with Crippen molar-refractivity contribution in [2.75, 3.05) is 13.6 Å². The molecule has 0 spiro atoms. The molecule has 20 heavy (non-hydrogen) atoms. The third-order valence-electron chi connectivity index (χ3n) is 5.36. The summed E-state index contributed by atoms with van der Waals surface area (Å²) in [6.45, 7) is 7.98. The summed E-state index contributed by atoms with van der Waals surface area (Å²) in [5.74, 6) is 2.69. The van der Waals surface area contributed by atoms with Gasteiger partial charge in [0.1, 0.15) is 0 Å². The van der Waals surface area contributed by atoms with Crippen LogP contribution < -0.4 is 5.32 Å². The van der Waals surface area contributed by atoms with E-state index in [1.165, 1.54) is 55.3 Å². The molecule has 0 amide bonds. The van der Waals surface area contributed by atoms with Crippen LogP contribution in [0.3, 0.4) is 0 Å². The van der Waals surface area contributed by atoms with Gasteiger partial charge in [-0.15, -0.1) is 0 Å². The van der Waals surface area contributed by atoms with Gasteiger partial charge in [-0.25, -0.2) is 0 Å². The van der Waals surface area contributed by atoms with Crippen molar-refractivity contribution in [1.29, 1.82) is 0 Å². The summed E-state index contributed by atoms with van der Waals surface area (Å²) in [5.41, 5.74) is 4.39. The Labute approximate surface area is 125 Å². The second kappa shape index (κ2) is 7.26. The molecule has 0 aliphatic heterocycles. The molecule has 0 radical (unpaired) electrons. The fraction of sp³-hybridized carbons (Fsp3) is 0.684. The Balaban J connectivity index is 2.07. The van der Waals surface area contributed by atoms with E-state index in [1.807, 2.05) is 0 Å². The first-order chi connectivity index (χ1) is 9.63. The molecule has 1 aromatic rings. The average molecular weight is 273 g/mol. The van der Waals surface area contributed by atoms with Crippen LogP contribution in [0.15, 0.2) is 18.2 Å². The van der Waals surface area contributed by atoms with Crippen molar-refractivity contribution < 1.29 is 0 Å². The first-order valence-corrected chi connectivity index (χ1v) is 8.34. The Bertz CT molecular complexity index is 424. The molecule has 112 valence electrons. The second-order valence-corrected chi connectivity index (χ2v) is 6.79. The van der Waals surface area contributed by atoms with Crippen LogP contribution in [0.25, 0.3) is 0 Å². The van der Waals surface area contributed by atoms with Gasteiger partial charge in [-0.3, -0.25) is 0 Å². The van der Waals surface area contributed by atoms with Crippen LogP contribution in [-0.2, 0) is 6.42 Å². The van der Waals surface area contributed by atoms with Crippen LogP contribution in [0.5, 0.6) is 0 Å². The van der Waals surface area contributed by atoms with E-state index in [2.05, 4.69) is 51.3 Å². The molecule has 1 aliphatic carbocycles. The fourth-order valence-corrected chi connectivity index (χ4v) is 3.81. The summed E-state index contributed by atoms with van der Waals surface area (Å²) in [6, 6.07) is 7.04. The molecule has 3 atom stereocenters. The monoisotopic (exact) mass is 273 g/mol. The Kier molecular flexibility index (Phi) is 5.65. The predicted octanol–water partition coefficient (Wildman–Crippen LogP) is 4.51. The highest BCUT2D eigenvalue weighted by Crippen LogP contribution is 2.37. The molecule has 0 heterocycles. The van der Waals surface area contributed by atoms with Gasteiger partial charge >= 0.3 is 0 Å². The highest BCUT2D eigenvalue weighted by Gasteiger charge is 2.29. The zero-order valence-electron chi connectivity index (χ0n) is 13.7. The van der Waals surface area contributed by atoms with Crippen molar-refractivity contribution in [2.45, 2.75) is 52.9 Å². The number of nitrogens with one attached hydrogen (secondary N) is 1. The second-order valence-electron chi connectivity index (χ2n) is 6.79. The van der Waals surface area contributed by atoms with E-state index in [-0.39, 0.29) is 0 Å². The third kappa shape index (κ3) is 3.85. The van der Waals surface area contributed by atoms with Gasteiger partial charge in [0.05, 0.1) is 0 Å². The Morgan fingerprint density at radius 3 is 2.55 bits per heavy atom. The lowest BCUT2D eigenvalue weighted by atomic mass is 9.71. The molecule has 1 nitrogen and oxygen atoms in total. The van der Waals surface area contributed by atoms with E-state index in [4.69, 9.17) is 0 Å². The highest BCUT2D eigenvalue weighted by molar-refractivity contribution is 5.30. The van der Waals surface area contributed by atoms with Crippen LogP contribution in [-0.4, -0.2) is 13.6 Å². The smallest absolute Gasteiger partial charge is 0.00208 e. The Morgan fingerprint density at radius 2 is 1.90 bits per heavy atom. The molecule has 1 saturated carbocycles. The van der Waals surface area contributed by atoms with Crippen molar-refractivity contribution in [3.8, 4) is 0 Å². The Hall–Kier alpha value is -0.820. The van der Waals surface area contributed by atoms with Crippen molar-refractivity contribution in [3.05, 3.63) is 34.9 Å². The highest BCUT2D eigenvalue weighted by atomic mass is 14.8. The molecule has 1 N–H and O–H groups in total. The minimum Gasteiger partial charge on any atom is -0.319 e. The van der Waals surface area contributed by atoms with E-state index in [1.54, 1.807) is 0 Å². The van der Waals surface area contributed by atoms with Crippen LogP contribution in [0.2, 0.25) is 0 Å². The summed E-state index contributed by atoms with van der Waals surface area (Å²) in [7, 11) is 2.10. The van der Waals surface area contributed by atoms with Crippen molar-refractivity contribution in [2.24, 2.45) is 17.8 Å². The molecular formula is C19H31N.